The third kappa shape index (κ3) is 3.25. The number of hydrogen-bond donors (Lipinski definition) is 1. The van der Waals surface area contributed by atoms with Crippen LogP contribution < -0.4 is 0 Å². The van der Waals surface area contributed by atoms with E-state index in [2.05, 4.69) is 11.9 Å². The second kappa shape index (κ2) is 5.58. The molecule has 3 heteroatoms. The van der Waals surface area contributed by atoms with E-state index in [1.165, 1.54) is 12.8 Å². The first kappa shape index (κ1) is 11.0. The van der Waals surface area contributed by atoms with Crippen molar-refractivity contribution in [2.45, 2.75) is 37.8 Å². The summed E-state index contributed by atoms with van der Waals surface area (Å²) in [6.07, 6.45) is 4.38. The molecule has 0 amide bonds. The van der Waals surface area contributed by atoms with E-state index in [0.717, 1.165) is 26.0 Å². The second-order valence-corrected chi connectivity index (χ2v) is 3.89. The fourth-order valence-corrected chi connectivity index (χ4v) is 2.01. The van der Waals surface area contributed by atoms with Gasteiger partial charge in [0.25, 0.3) is 0 Å². The van der Waals surface area contributed by atoms with Crippen LogP contribution in [-0.2, 0) is 4.74 Å². The molecule has 0 bridgehead atoms. The Morgan fingerprint density at radius 2 is 2.08 bits per heavy atom. The largest absolute Gasteiger partial charge is 0.391 e. The molecule has 0 saturated heterocycles. The Hall–Kier alpha value is -0.120. The van der Waals surface area contributed by atoms with Gasteiger partial charge in [0, 0.05) is 19.7 Å². The van der Waals surface area contributed by atoms with E-state index in [1.54, 1.807) is 7.11 Å². The zero-order chi connectivity index (χ0) is 9.68. The molecule has 0 radical (unpaired) electrons. The van der Waals surface area contributed by atoms with Crippen LogP contribution in [0.5, 0.6) is 0 Å². The molecule has 3 nitrogen and oxygen atoms in total. The number of aliphatic hydroxyl groups excluding tert-OH is 1. The monoisotopic (exact) mass is 187 g/mol. The lowest BCUT2D eigenvalue weighted by atomic mass is 9.92. The van der Waals surface area contributed by atoms with Gasteiger partial charge < -0.3 is 9.84 Å². The van der Waals surface area contributed by atoms with E-state index in [-0.39, 0.29) is 6.10 Å². The van der Waals surface area contributed by atoms with Crippen LogP contribution in [0.3, 0.4) is 0 Å². The molecule has 1 aliphatic carbocycles. The Kier molecular flexibility index (Phi) is 4.70. The molecule has 1 aliphatic rings. The zero-order valence-corrected chi connectivity index (χ0v) is 8.70. The first-order valence-corrected chi connectivity index (χ1v) is 5.13. The van der Waals surface area contributed by atoms with Crippen LogP contribution in [0.25, 0.3) is 0 Å². The summed E-state index contributed by atoms with van der Waals surface area (Å²) < 4.78 is 5.02. The van der Waals surface area contributed by atoms with Crippen molar-refractivity contribution in [1.82, 2.24) is 4.90 Å². The van der Waals surface area contributed by atoms with Crippen molar-refractivity contribution in [3.05, 3.63) is 0 Å². The van der Waals surface area contributed by atoms with E-state index >= 15 is 0 Å². The quantitative estimate of drug-likeness (QED) is 0.709. The normalized spacial score (nSPS) is 29.5. The summed E-state index contributed by atoms with van der Waals surface area (Å²) in [6, 6.07) is 0.351. The third-order valence-electron chi connectivity index (χ3n) is 2.91. The maximum absolute atomic E-state index is 9.76. The summed E-state index contributed by atoms with van der Waals surface area (Å²) in [5, 5.41) is 9.76. The summed E-state index contributed by atoms with van der Waals surface area (Å²) in [4.78, 5) is 2.22. The summed E-state index contributed by atoms with van der Waals surface area (Å²) in [7, 11) is 3.78. The molecule has 2 atom stereocenters. The fraction of sp³-hybridized carbons (Fsp3) is 1.00. The minimum atomic E-state index is -0.129. The Bertz CT molecular complexity index is 141. The number of ether oxygens (including phenoxy) is 1. The van der Waals surface area contributed by atoms with E-state index in [4.69, 9.17) is 4.74 Å². The molecule has 78 valence electrons. The van der Waals surface area contributed by atoms with Crippen LogP contribution in [0.1, 0.15) is 25.7 Å². The third-order valence-corrected chi connectivity index (χ3v) is 2.91. The number of aliphatic hydroxyl groups is 1. The summed E-state index contributed by atoms with van der Waals surface area (Å²) >= 11 is 0. The van der Waals surface area contributed by atoms with Crippen LogP contribution in [0.2, 0.25) is 0 Å². The van der Waals surface area contributed by atoms with Crippen molar-refractivity contribution in [3.63, 3.8) is 0 Å². The lowest BCUT2D eigenvalue weighted by Crippen LogP contribution is -2.44. The number of rotatable bonds is 4. The molecule has 1 fully saturated rings. The highest BCUT2D eigenvalue weighted by Gasteiger charge is 2.25. The van der Waals surface area contributed by atoms with Gasteiger partial charge in [0.2, 0.25) is 0 Å². The molecule has 0 aromatic heterocycles. The highest BCUT2D eigenvalue weighted by Crippen LogP contribution is 2.21. The molecule has 0 spiro atoms. The van der Waals surface area contributed by atoms with Crippen molar-refractivity contribution in [2.75, 3.05) is 27.3 Å². The van der Waals surface area contributed by atoms with Crippen molar-refractivity contribution in [2.24, 2.45) is 0 Å². The van der Waals surface area contributed by atoms with Gasteiger partial charge in [-0.1, -0.05) is 12.8 Å². The van der Waals surface area contributed by atoms with E-state index in [0.29, 0.717) is 6.04 Å². The summed E-state index contributed by atoms with van der Waals surface area (Å²) in [5.41, 5.74) is 0. The van der Waals surface area contributed by atoms with Crippen LogP contribution in [-0.4, -0.2) is 49.5 Å². The van der Waals surface area contributed by atoms with Crippen LogP contribution in [0, 0.1) is 0 Å². The van der Waals surface area contributed by atoms with Crippen molar-refractivity contribution in [3.8, 4) is 0 Å². The highest BCUT2D eigenvalue weighted by atomic mass is 16.5. The second-order valence-electron chi connectivity index (χ2n) is 3.89. The lowest BCUT2D eigenvalue weighted by molar-refractivity contribution is 0.0219. The molecular weight excluding hydrogens is 166 g/mol. The number of methoxy groups -OCH3 is 1. The Labute approximate surface area is 80.7 Å². The van der Waals surface area contributed by atoms with Crippen molar-refractivity contribution >= 4 is 0 Å². The molecule has 1 N–H and O–H groups in total. The zero-order valence-electron chi connectivity index (χ0n) is 8.70. The molecular formula is C10H21NO2. The average Bonchev–Trinajstić information content (AvgIpc) is 2.15. The molecule has 1 rings (SSSR count). The van der Waals surface area contributed by atoms with Gasteiger partial charge >= 0.3 is 0 Å². The molecule has 0 heterocycles. The predicted octanol–water partition coefficient (Wildman–Crippen LogP) is 0.868. The summed E-state index contributed by atoms with van der Waals surface area (Å²) in [6.45, 7) is 1.66. The van der Waals surface area contributed by atoms with Crippen molar-refractivity contribution in [1.29, 1.82) is 0 Å². The van der Waals surface area contributed by atoms with Gasteiger partial charge in [-0.3, -0.25) is 4.90 Å². The van der Waals surface area contributed by atoms with Gasteiger partial charge in [0.05, 0.1) is 12.7 Å². The van der Waals surface area contributed by atoms with Crippen LogP contribution >= 0.6 is 0 Å². The van der Waals surface area contributed by atoms with Gasteiger partial charge in [-0.2, -0.15) is 0 Å². The topological polar surface area (TPSA) is 32.7 Å². The maximum Gasteiger partial charge on any atom is 0.0695 e. The fourth-order valence-electron chi connectivity index (χ4n) is 2.01. The van der Waals surface area contributed by atoms with Gasteiger partial charge in [0.1, 0.15) is 0 Å². The van der Waals surface area contributed by atoms with Gasteiger partial charge in [0.15, 0.2) is 0 Å². The first-order valence-electron chi connectivity index (χ1n) is 5.13. The molecule has 0 aromatic carbocycles. The first-order chi connectivity index (χ1) is 6.25. The Morgan fingerprint density at radius 1 is 1.38 bits per heavy atom. The maximum atomic E-state index is 9.76. The number of hydrogen-bond acceptors (Lipinski definition) is 3. The summed E-state index contributed by atoms with van der Waals surface area (Å²) in [5.74, 6) is 0. The van der Waals surface area contributed by atoms with Crippen LogP contribution in [0.4, 0.5) is 0 Å². The minimum absolute atomic E-state index is 0.129. The Balaban J connectivity index is 2.30. The van der Waals surface area contributed by atoms with Crippen molar-refractivity contribution < 1.29 is 9.84 Å². The van der Waals surface area contributed by atoms with E-state index in [1.807, 2.05) is 0 Å². The van der Waals surface area contributed by atoms with E-state index < -0.39 is 0 Å². The van der Waals surface area contributed by atoms with Crippen LogP contribution in [0.15, 0.2) is 0 Å². The molecule has 0 aliphatic heterocycles. The molecule has 1 saturated carbocycles. The molecule has 0 aromatic rings. The Morgan fingerprint density at radius 3 is 2.69 bits per heavy atom. The highest BCUT2D eigenvalue weighted by molar-refractivity contribution is 4.81. The smallest absolute Gasteiger partial charge is 0.0695 e. The molecule has 13 heavy (non-hydrogen) atoms. The molecule has 0 unspecified atom stereocenters. The van der Waals surface area contributed by atoms with Gasteiger partial charge in [-0.25, -0.2) is 0 Å². The standard InChI is InChI=1S/C10H21NO2/c1-11(7-8-13-2)9-5-3-4-6-10(9)12/h9-10,12H,3-8H2,1-2H3/t9-,10-/m0/s1. The minimum Gasteiger partial charge on any atom is -0.391 e. The number of nitrogens with zero attached hydrogens (tertiary/aromatic N) is 1. The van der Waals surface area contributed by atoms with E-state index in [9.17, 15) is 5.11 Å². The van der Waals surface area contributed by atoms with Gasteiger partial charge in [-0.05, 0) is 19.9 Å². The van der Waals surface area contributed by atoms with Gasteiger partial charge in [-0.15, -0.1) is 0 Å². The number of likely N-dealkylation sites (N-methyl/N-ethyl adjacent to an activating group) is 1. The average molecular weight is 187 g/mol. The predicted molar refractivity (Wildman–Crippen MR) is 52.8 cm³/mol. The lowest BCUT2D eigenvalue weighted by Gasteiger charge is -2.34. The SMILES string of the molecule is COCCN(C)[C@H]1CCCC[C@@H]1O.